The second kappa shape index (κ2) is 6.93. The lowest BCUT2D eigenvalue weighted by Crippen LogP contribution is -2.24. The molecule has 2 rings (SSSR count). The van der Waals surface area contributed by atoms with Crippen LogP contribution in [0.3, 0.4) is 0 Å². The number of sulfonamides is 1. The van der Waals surface area contributed by atoms with Gasteiger partial charge in [0.1, 0.15) is 5.00 Å². The molecule has 3 N–H and O–H groups in total. The van der Waals surface area contributed by atoms with Gasteiger partial charge in [-0.15, -0.1) is 0 Å². The molecular formula is C13H24N4O2S2. The van der Waals surface area contributed by atoms with Gasteiger partial charge in [0, 0.05) is 20.6 Å². The lowest BCUT2D eigenvalue weighted by molar-refractivity contribution is 0.345. The van der Waals surface area contributed by atoms with Crippen LogP contribution < -0.4 is 11.1 Å². The number of hydrogen-bond acceptors (Lipinski definition) is 6. The zero-order valence-corrected chi connectivity index (χ0v) is 14.3. The van der Waals surface area contributed by atoms with Gasteiger partial charge in [-0.05, 0) is 23.9 Å². The Kier molecular flexibility index (Phi) is 5.45. The van der Waals surface area contributed by atoms with Crippen LogP contribution in [-0.2, 0) is 10.0 Å². The molecule has 6 nitrogen and oxygen atoms in total. The second-order valence-corrected chi connectivity index (χ2v) is 8.60. The maximum Gasteiger partial charge on any atom is 0.249 e. The molecule has 0 spiro atoms. The van der Waals surface area contributed by atoms with E-state index in [4.69, 9.17) is 5.73 Å². The smallest absolute Gasteiger partial charge is 0.249 e. The minimum Gasteiger partial charge on any atom is -0.382 e. The van der Waals surface area contributed by atoms with Crippen molar-refractivity contribution >= 4 is 32.4 Å². The van der Waals surface area contributed by atoms with E-state index in [1.165, 1.54) is 50.5 Å². The molecule has 0 bridgehead atoms. The average molecular weight is 332 g/mol. The standard InChI is InChI=1S/C13H24N4O2S2/c1-17(2)21(18,19)11-12(14)16-20-13(11)15-9-8-10-6-4-3-5-7-10/h10,15H,3-9H2,1-2H3,(H2,14,16). The molecule has 0 radical (unpaired) electrons. The minimum absolute atomic E-state index is 0.0777. The van der Waals surface area contributed by atoms with Crippen molar-refractivity contribution in [1.82, 2.24) is 8.68 Å². The summed E-state index contributed by atoms with van der Waals surface area (Å²) in [5.41, 5.74) is 5.73. The molecule has 0 saturated heterocycles. The number of nitrogens with one attached hydrogen (secondary N) is 1. The monoisotopic (exact) mass is 332 g/mol. The summed E-state index contributed by atoms with van der Waals surface area (Å²) in [4.78, 5) is 0.112. The third-order valence-electron chi connectivity index (χ3n) is 3.98. The summed E-state index contributed by atoms with van der Waals surface area (Å²) in [5.74, 6) is 0.833. The highest BCUT2D eigenvalue weighted by Crippen LogP contribution is 2.33. The molecule has 0 aliphatic heterocycles. The predicted molar refractivity (Wildman–Crippen MR) is 87.1 cm³/mol. The average Bonchev–Trinajstić information content (AvgIpc) is 2.81. The predicted octanol–water partition coefficient (Wildman–Crippen LogP) is 2.36. The number of anilines is 2. The maximum atomic E-state index is 12.3. The zero-order chi connectivity index (χ0) is 15.5. The Labute approximate surface area is 130 Å². The molecule has 1 aliphatic rings. The van der Waals surface area contributed by atoms with Crippen LogP contribution in [0.4, 0.5) is 10.8 Å². The third kappa shape index (κ3) is 3.87. The molecule has 1 saturated carbocycles. The number of rotatable bonds is 6. The van der Waals surface area contributed by atoms with Crippen molar-refractivity contribution in [1.29, 1.82) is 0 Å². The van der Waals surface area contributed by atoms with Gasteiger partial charge in [-0.2, -0.15) is 4.37 Å². The van der Waals surface area contributed by atoms with Crippen LogP contribution in [-0.4, -0.2) is 37.7 Å². The Hall–Kier alpha value is -0.860. The highest BCUT2D eigenvalue weighted by atomic mass is 32.2. The van der Waals surface area contributed by atoms with Crippen LogP contribution in [0, 0.1) is 5.92 Å². The van der Waals surface area contributed by atoms with Crippen molar-refractivity contribution in [3.63, 3.8) is 0 Å². The van der Waals surface area contributed by atoms with E-state index in [2.05, 4.69) is 9.69 Å². The van der Waals surface area contributed by atoms with E-state index >= 15 is 0 Å². The number of nitrogens with zero attached hydrogens (tertiary/aromatic N) is 2. The van der Waals surface area contributed by atoms with Crippen LogP contribution in [0.15, 0.2) is 4.90 Å². The van der Waals surface area contributed by atoms with E-state index in [9.17, 15) is 8.42 Å². The van der Waals surface area contributed by atoms with Gasteiger partial charge in [0.05, 0.1) is 0 Å². The quantitative estimate of drug-likeness (QED) is 0.835. The largest absolute Gasteiger partial charge is 0.382 e. The van der Waals surface area contributed by atoms with Gasteiger partial charge in [-0.25, -0.2) is 12.7 Å². The number of nitrogen functional groups attached to an aromatic ring is 1. The van der Waals surface area contributed by atoms with Crippen molar-refractivity contribution in [2.24, 2.45) is 5.92 Å². The van der Waals surface area contributed by atoms with Crippen LogP contribution in [0.1, 0.15) is 38.5 Å². The van der Waals surface area contributed by atoms with Gasteiger partial charge >= 0.3 is 0 Å². The van der Waals surface area contributed by atoms with Crippen LogP contribution in [0.5, 0.6) is 0 Å². The lowest BCUT2D eigenvalue weighted by atomic mass is 9.87. The first-order chi connectivity index (χ1) is 9.93. The molecule has 0 unspecified atom stereocenters. The minimum atomic E-state index is -3.56. The first kappa shape index (κ1) is 16.5. The molecule has 0 amide bonds. The number of nitrogens with two attached hydrogens (primary N) is 1. The van der Waals surface area contributed by atoms with E-state index in [1.54, 1.807) is 0 Å². The van der Waals surface area contributed by atoms with E-state index in [1.807, 2.05) is 0 Å². The first-order valence-electron chi connectivity index (χ1n) is 7.34. The Bertz CT molecular complexity index is 563. The van der Waals surface area contributed by atoms with Gasteiger partial charge in [0.2, 0.25) is 10.0 Å². The molecule has 1 heterocycles. The summed E-state index contributed by atoms with van der Waals surface area (Å²) in [6.45, 7) is 0.766. The molecule has 1 aromatic heterocycles. The highest BCUT2D eigenvalue weighted by molar-refractivity contribution is 7.89. The fourth-order valence-electron chi connectivity index (χ4n) is 2.70. The summed E-state index contributed by atoms with van der Waals surface area (Å²) in [7, 11) is -0.560. The molecule has 0 atom stereocenters. The van der Waals surface area contributed by atoms with Crippen LogP contribution >= 0.6 is 11.5 Å². The fraction of sp³-hybridized carbons (Fsp3) is 0.769. The van der Waals surface area contributed by atoms with E-state index in [0.29, 0.717) is 5.00 Å². The van der Waals surface area contributed by atoms with E-state index < -0.39 is 10.0 Å². The zero-order valence-electron chi connectivity index (χ0n) is 12.6. The van der Waals surface area contributed by atoms with Gasteiger partial charge in [-0.1, -0.05) is 32.1 Å². The van der Waals surface area contributed by atoms with Crippen molar-refractivity contribution in [2.45, 2.75) is 43.4 Å². The van der Waals surface area contributed by atoms with Crippen LogP contribution in [0.25, 0.3) is 0 Å². The first-order valence-corrected chi connectivity index (χ1v) is 9.56. The third-order valence-corrected chi connectivity index (χ3v) is 6.81. The van der Waals surface area contributed by atoms with Crippen molar-refractivity contribution in [3.8, 4) is 0 Å². The molecule has 1 fully saturated rings. The SMILES string of the molecule is CN(C)S(=O)(=O)c1c(N)nsc1NCCC1CCCCC1. The Morgan fingerprint density at radius 3 is 2.62 bits per heavy atom. The van der Waals surface area contributed by atoms with Gasteiger partial charge in [0.25, 0.3) is 0 Å². The topological polar surface area (TPSA) is 88.3 Å². The lowest BCUT2D eigenvalue weighted by Gasteiger charge is -2.21. The number of hydrogen-bond donors (Lipinski definition) is 2. The maximum absolute atomic E-state index is 12.3. The van der Waals surface area contributed by atoms with Crippen molar-refractivity contribution in [3.05, 3.63) is 0 Å². The summed E-state index contributed by atoms with van der Waals surface area (Å²) in [5, 5.41) is 3.77. The van der Waals surface area contributed by atoms with Gasteiger partial charge in [-0.3, -0.25) is 0 Å². The molecule has 120 valence electrons. The summed E-state index contributed by atoms with van der Waals surface area (Å²) >= 11 is 1.12. The second-order valence-electron chi connectivity index (χ2n) is 5.73. The molecule has 1 aromatic rings. The molecule has 21 heavy (non-hydrogen) atoms. The Balaban J connectivity index is 2.01. The number of aromatic nitrogens is 1. The van der Waals surface area contributed by atoms with E-state index in [0.717, 1.165) is 30.4 Å². The van der Waals surface area contributed by atoms with Gasteiger partial charge in [0.15, 0.2) is 10.7 Å². The molecule has 0 aromatic carbocycles. The van der Waals surface area contributed by atoms with Gasteiger partial charge < -0.3 is 11.1 Å². The molecule has 1 aliphatic carbocycles. The summed E-state index contributed by atoms with van der Waals surface area (Å²) in [6, 6.07) is 0. The van der Waals surface area contributed by atoms with Crippen molar-refractivity contribution < 1.29 is 8.42 Å². The molecule has 8 heteroatoms. The molecular weight excluding hydrogens is 308 g/mol. The highest BCUT2D eigenvalue weighted by Gasteiger charge is 2.27. The van der Waals surface area contributed by atoms with E-state index in [-0.39, 0.29) is 10.7 Å². The Morgan fingerprint density at radius 1 is 1.33 bits per heavy atom. The fourth-order valence-corrected chi connectivity index (χ4v) is 4.81. The Morgan fingerprint density at radius 2 is 2.00 bits per heavy atom. The normalized spacial score (nSPS) is 17.3. The van der Waals surface area contributed by atoms with Crippen molar-refractivity contribution in [2.75, 3.05) is 31.7 Å². The summed E-state index contributed by atoms with van der Waals surface area (Å²) < 4.78 is 29.7. The summed E-state index contributed by atoms with van der Waals surface area (Å²) in [6.07, 6.45) is 7.63. The van der Waals surface area contributed by atoms with Crippen LogP contribution in [0.2, 0.25) is 0 Å².